The van der Waals surface area contributed by atoms with Gasteiger partial charge in [0.1, 0.15) is 0 Å². The topological polar surface area (TPSA) is 17.0 Å². The fourth-order valence-corrected chi connectivity index (χ4v) is 4.21. The van der Waals surface area contributed by atoms with Gasteiger partial charge in [0.15, 0.2) is 0 Å². The van der Waals surface area contributed by atoms with Crippen molar-refractivity contribution in [2.24, 2.45) is 0 Å². The molecule has 0 aliphatic carbocycles. The molecule has 2 heteroatoms. The minimum absolute atomic E-state index is 1.02. The van der Waals surface area contributed by atoms with E-state index in [1.54, 1.807) is 0 Å². The van der Waals surface area contributed by atoms with Crippen LogP contribution in [0.25, 0.3) is 36.1 Å². The van der Waals surface area contributed by atoms with Crippen molar-refractivity contribution in [3.8, 4) is 0 Å². The Morgan fingerprint density at radius 3 is 2.66 bits per heavy atom. The van der Waals surface area contributed by atoms with E-state index in [9.17, 15) is 0 Å². The molecule has 0 atom stereocenters. The zero-order valence-electron chi connectivity index (χ0n) is 18.7. The summed E-state index contributed by atoms with van der Waals surface area (Å²) in [7, 11) is 0. The maximum atomic E-state index is 4.16. The molecule has 32 heavy (non-hydrogen) atoms. The van der Waals surface area contributed by atoms with Crippen LogP contribution in [0.4, 0.5) is 5.69 Å². The number of nitrogens with zero attached hydrogens (tertiary/aromatic N) is 1. The molecule has 1 aromatic heterocycles. The Hall–Kier alpha value is -4.04. The molecule has 2 nitrogen and oxygen atoms in total. The van der Waals surface area contributed by atoms with Crippen molar-refractivity contribution >= 4 is 41.8 Å². The van der Waals surface area contributed by atoms with Gasteiger partial charge in [0.2, 0.25) is 0 Å². The summed E-state index contributed by atoms with van der Waals surface area (Å²) in [5, 5.41) is 5.97. The SMILES string of the molecule is C=C/C=C(\C=C/C)n1c(C=C)c(/C=C\C)c2c1\C=C1/C=C/C=C\C=c3\cccc(\c3=C/2)N1. The summed E-state index contributed by atoms with van der Waals surface area (Å²) < 4.78 is 2.25. The van der Waals surface area contributed by atoms with Gasteiger partial charge in [0.25, 0.3) is 0 Å². The molecule has 4 bridgehead atoms. The van der Waals surface area contributed by atoms with Gasteiger partial charge in [-0.15, -0.1) is 0 Å². The van der Waals surface area contributed by atoms with Crippen LogP contribution in [-0.4, -0.2) is 4.57 Å². The summed E-state index contributed by atoms with van der Waals surface area (Å²) in [6, 6.07) is 6.38. The number of aromatic nitrogens is 1. The number of anilines is 1. The second-order valence-electron chi connectivity index (χ2n) is 7.55. The number of fused-ring (bicyclic) bond motifs is 2. The second kappa shape index (κ2) is 9.40. The highest BCUT2D eigenvalue weighted by atomic mass is 15.0. The van der Waals surface area contributed by atoms with Crippen LogP contribution in [0, 0.1) is 0 Å². The maximum Gasteiger partial charge on any atom is 0.0561 e. The van der Waals surface area contributed by atoms with E-state index in [1.165, 1.54) is 5.22 Å². The van der Waals surface area contributed by atoms with Crippen molar-refractivity contribution in [2.75, 3.05) is 5.32 Å². The Kier molecular flexibility index (Phi) is 6.23. The lowest BCUT2D eigenvalue weighted by Gasteiger charge is -2.16. The number of nitrogens with one attached hydrogen (secondary N) is 1. The molecule has 2 aliphatic rings. The molecule has 0 unspecified atom stereocenters. The van der Waals surface area contributed by atoms with Gasteiger partial charge in [-0.3, -0.25) is 0 Å². The van der Waals surface area contributed by atoms with Gasteiger partial charge in [-0.25, -0.2) is 0 Å². The lowest BCUT2D eigenvalue weighted by atomic mass is 10.0. The fraction of sp³-hybridized carbons (Fsp3) is 0.0667. The Bertz CT molecular complexity index is 1380. The Morgan fingerprint density at radius 2 is 1.91 bits per heavy atom. The van der Waals surface area contributed by atoms with Crippen molar-refractivity contribution in [1.29, 1.82) is 0 Å². The van der Waals surface area contributed by atoms with E-state index in [0.717, 1.165) is 44.8 Å². The van der Waals surface area contributed by atoms with Crippen molar-refractivity contribution in [2.45, 2.75) is 13.8 Å². The minimum atomic E-state index is 1.02. The van der Waals surface area contributed by atoms with E-state index < -0.39 is 0 Å². The van der Waals surface area contributed by atoms with Crippen LogP contribution >= 0.6 is 0 Å². The van der Waals surface area contributed by atoms with Crippen LogP contribution < -0.4 is 15.8 Å². The van der Waals surface area contributed by atoms with E-state index in [-0.39, 0.29) is 0 Å². The summed E-state index contributed by atoms with van der Waals surface area (Å²) in [5.74, 6) is 0. The molecule has 1 aromatic carbocycles. The van der Waals surface area contributed by atoms with Crippen LogP contribution in [0.15, 0.2) is 91.7 Å². The van der Waals surface area contributed by atoms with E-state index in [1.807, 2.05) is 38.2 Å². The average Bonchev–Trinajstić information content (AvgIpc) is 3.04. The molecule has 2 aromatic rings. The Labute approximate surface area is 190 Å². The number of allylic oxidation sites excluding steroid dienone is 10. The van der Waals surface area contributed by atoms with Crippen molar-refractivity contribution < 1.29 is 0 Å². The average molecular weight is 417 g/mol. The van der Waals surface area contributed by atoms with Crippen LogP contribution in [-0.2, 0) is 0 Å². The zero-order valence-corrected chi connectivity index (χ0v) is 18.7. The van der Waals surface area contributed by atoms with Gasteiger partial charge in [-0.1, -0.05) is 73.9 Å². The van der Waals surface area contributed by atoms with Gasteiger partial charge in [-0.05, 0) is 61.6 Å². The lowest BCUT2D eigenvalue weighted by molar-refractivity contribution is 1.08. The highest BCUT2D eigenvalue weighted by Crippen LogP contribution is 2.33. The highest BCUT2D eigenvalue weighted by Gasteiger charge is 2.20. The van der Waals surface area contributed by atoms with Gasteiger partial charge < -0.3 is 9.88 Å². The molecule has 158 valence electrons. The van der Waals surface area contributed by atoms with E-state index in [2.05, 4.69) is 102 Å². The van der Waals surface area contributed by atoms with Gasteiger partial charge in [0, 0.05) is 33.4 Å². The smallest absolute Gasteiger partial charge is 0.0561 e. The number of rotatable bonds is 5. The third-order valence-electron chi connectivity index (χ3n) is 5.51. The van der Waals surface area contributed by atoms with Gasteiger partial charge >= 0.3 is 0 Å². The normalized spacial score (nSPS) is 20.6. The maximum absolute atomic E-state index is 4.16. The first-order valence-corrected chi connectivity index (χ1v) is 10.9. The molecule has 3 heterocycles. The van der Waals surface area contributed by atoms with Crippen LogP contribution in [0.2, 0.25) is 0 Å². The first-order valence-electron chi connectivity index (χ1n) is 10.9. The molecule has 0 spiro atoms. The second-order valence-corrected chi connectivity index (χ2v) is 7.55. The number of hydrogen-bond acceptors (Lipinski definition) is 1. The minimum Gasteiger partial charge on any atom is -0.355 e. The molecule has 0 fully saturated rings. The summed E-state index contributed by atoms with van der Waals surface area (Å²) >= 11 is 0. The van der Waals surface area contributed by atoms with Crippen LogP contribution in [0.3, 0.4) is 0 Å². The molecule has 0 radical (unpaired) electrons. The van der Waals surface area contributed by atoms with Gasteiger partial charge in [-0.2, -0.15) is 0 Å². The van der Waals surface area contributed by atoms with E-state index >= 15 is 0 Å². The Morgan fingerprint density at radius 1 is 1.03 bits per heavy atom. The number of hydrogen-bond donors (Lipinski definition) is 1. The quantitative estimate of drug-likeness (QED) is 0.569. The summed E-state index contributed by atoms with van der Waals surface area (Å²) in [6.45, 7) is 12.2. The third kappa shape index (κ3) is 3.83. The summed E-state index contributed by atoms with van der Waals surface area (Å²) in [5.41, 5.74) is 7.59. The summed E-state index contributed by atoms with van der Waals surface area (Å²) in [4.78, 5) is 0. The number of benzene rings is 1. The molecule has 0 amide bonds. The summed E-state index contributed by atoms with van der Waals surface area (Å²) in [6.07, 6.45) is 29.1. The third-order valence-corrected chi connectivity index (χ3v) is 5.51. The largest absolute Gasteiger partial charge is 0.355 e. The lowest BCUT2D eigenvalue weighted by Crippen LogP contribution is -2.28. The zero-order chi connectivity index (χ0) is 22.5. The molecule has 4 rings (SSSR count). The molecule has 0 saturated heterocycles. The first-order chi connectivity index (χ1) is 15.7. The van der Waals surface area contributed by atoms with Crippen molar-refractivity contribution in [3.63, 3.8) is 0 Å². The van der Waals surface area contributed by atoms with Crippen molar-refractivity contribution in [1.82, 2.24) is 4.57 Å². The van der Waals surface area contributed by atoms with Crippen molar-refractivity contribution in [3.05, 3.63) is 125 Å². The molecular formula is C30H28N2. The monoisotopic (exact) mass is 416 g/mol. The predicted octanol–water partition coefficient (Wildman–Crippen LogP) is 6.27. The highest BCUT2D eigenvalue weighted by molar-refractivity contribution is 5.86. The molecule has 0 saturated carbocycles. The van der Waals surface area contributed by atoms with Gasteiger partial charge in [0.05, 0.1) is 11.4 Å². The first kappa shape index (κ1) is 21.2. The van der Waals surface area contributed by atoms with Crippen LogP contribution in [0.5, 0.6) is 0 Å². The fourth-order valence-electron chi connectivity index (χ4n) is 4.21. The molecule has 1 N–H and O–H groups in total. The molecule has 2 aliphatic heterocycles. The predicted molar refractivity (Wildman–Crippen MR) is 142 cm³/mol. The van der Waals surface area contributed by atoms with Crippen LogP contribution in [0.1, 0.15) is 36.4 Å². The van der Waals surface area contributed by atoms with E-state index in [0.29, 0.717) is 0 Å². The van der Waals surface area contributed by atoms with E-state index in [4.69, 9.17) is 0 Å². The standard InChI is InChI=1S/C30H28N2/c1-5-13-24(14-6-2)32-29(8-4)25(15-7-3)27-21-26-22-16-10-9-11-18-23(20-30(27)32)31-28(26)19-12-17-22/h5-21,31H,1,4H2,2-3H3/b10-9-,11-9?,14-6-,15-7-,16-10?,18-11+,22-16-,23-18?,23-20+,24-13+,26-21-,27-21?,30-20?. The Balaban J connectivity index is 2.25. The molecular weight excluding hydrogens is 388 g/mol.